The van der Waals surface area contributed by atoms with Gasteiger partial charge >= 0.3 is 0 Å². The molecular weight excluding hydrogens is 292 g/mol. The second-order valence-corrected chi connectivity index (χ2v) is 7.67. The molecule has 3 atom stereocenters. The second kappa shape index (κ2) is 6.23. The minimum atomic E-state index is 0.101. The molecule has 0 bridgehead atoms. The molecule has 3 rings (SSSR count). The average molecular weight is 314 g/mol. The smallest absolute Gasteiger partial charge is 0.129 e. The molecular formula is C14H22N2O2S2. The summed E-state index contributed by atoms with van der Waals surface area (Å²) in [7, 11) is 1.70. The highest BCUT2D eigenvalue weighted by Gasteiger charge is 2.42. The van der Waals surface area contributed by atoms with Crippen LogP contribution in [0, 0.1) is 5.92 Å². The maximum atomic E-state index is 6.10. The van der Waals surface area contributed by atoms with Crippen molar-refractivity contribution in [1.82, 2.24) is 5.43 Å². The molecule has 2 fully saturated rings. The number of nitrogens with one attached hydrogen (secondary N) is 1. The number of hydrogen-bond acceptors (Lipinski definition) is 6. The number of hydrogen-bond donors (Lipinski definition) is 2. The van der Waals surface area contributed by atoms with Crippen LogP contribution in [0.1, 0.15) is 30.2 Å². The van der Waals surface area contributed by atoms with Gasteiger partial charge in [-0.15, -0.1) is 11.3 Å². The molecule has 6 heteroatoms. The summed E-state index contributed by atoms with van der Waals surface area (Å²) in [4.78, 5) is 1.26. The van der Waals surface area contributed by atoms with Crippen molar-refractivity contribution in [3.05, 3.63) is 16.3 Å². The van der Waals surface area contributed by atoms with Crippen LogP contribution in [0.2, 0.25) is 0 Å². The predicted octanol–water partition coefficient (Wildman–Crippen LogP) is 2.56. The van der Waals surface area contributed by atoms with Crippen LogP contribution in [-0.2, 0) is 4.74 Å². The number of thiophene rings is 1. The molecule has 112 valence electrons. The largest absolute Gasteiger partial charge is 0.496 e. The van der Waals surface area contributed by atoms with Gasteiger partial charge in [0.25, 0.3) is 0 Å². The van der Waals surface area contributed by atoms with Gasteiger partial charge in [-0.2, -0.15) is 11.8 Å². The Hall–Kier alpha value is -0.270. The third kappa shape index (κ3) is 2.85. The molecule has 2 aliphatic rings. The second-order valence-electron chi connectivity index (χ2n) is 5.62. The van der Waals surface area contributed by atoms with E-state index < -0.39 is 0 Å². The minimum absolute atomic E-state index is 0.101. The lowest BCUT2D eigenvalue weighted by Crippen LogP contribution is -2.44. The molecule has 3 N–H and O–H groups in total. The number of ether oxygens (including phenoxy) is 2. The molecule has 1 aromatic rings. The monoisotopic (exact) mass is 314 g/mol. The third-order valence-electron chi connectivity index (χ3n) is 4.39. The van der Waals surface area contributed by atoms with Gasteiger partial charge in [0.1, 0.15) is 5.75 Å². The zero-order chi connectivity index (χ0) is 14.0. The third-order valence-corrected chi connectivity index (χ3v) is 6.60. The molecule has 1 aromatic heterocycles. The average Bonchev–Trinajstić information content (AvgIpc) is 3.10. The van der Waals surface area contributed by atoms with Crippen molar-refractivity contribution in [1.29, 1.82) is 0 Å². The van der Waals surface area contributed by atoms with E-state index in [1.54, 1.807) is 18.4 Å². The summed E-state index contributed by atoms with van der Waals surface area (Å²) in [5.74, 6) is 9.66. The van der Waals surface area contributed by atoms with E-state index in [0.29, 0.717) is 5.92 Å². The summed E-state index contributed by atoms with van der Waals surface area (Å²) in [6.45, 7) is 0.853. The van der Waals surface area contributed by atoms with Crippen LogP contribution >= 0.6 is 23.1 Å². The van der Waals surface area contributed by atoms with Crippen LogP contribution in [-0.4, -0.2) is 30.8 Å². The van der Waals surface area contributed by atoms with Crippen molar-refractivity contribution in [3.63, 3.8) is 0 Å². The van der Waals surface area contributed by atoms with Crippen LogP contribution in [0.3, 0.4) is 0 Å². The van der Waals surface area contributed by atoms with E-state index in [0.717, 1.165) is 31.0 Å². The summed E-state index contributed by atoms with van der Waals surface area (Å²) >= 11 is 3.73. The lowest BCUT2D eigenvalue weighted by molar-refractivity contribution is -0.0852. The van der Waals surface area contributed by atoms with E-state index in [-0.39, 0.29) is 11.6 Å². The Kier molecular flexibility index (Phi) is 4.57. The molecule has 0 saturated carbocycles. The van der Waals surface area contributed by atoms with Crippen molar-refractivity contribution >= 4 is 23.1 Å². The van der Waals surface area contributed by atoms with Crippen LogP contribution in [0.15, 0.2) is 11.4 Å². The Morgan fingerprint density at radius 1 is 1.60 bits per heavy atom. The molecule has 0 aliphatic carbocycles. The first-order valence-corrected chi connectivity index (χ1v) is 9.10. The SMILES string of the molecule is COc1csc(C(NN)C2CCOC3(CCSC3)C2)c1. The van der Waals surface area contributed by atoms with E-state index in [1.807, 2.05) is 17.1 Å². The number of hydrazine groups is 1. The van der Waals surface area contributed by atoms with Gasteiger partial charge in [0.2, 0.25) is 0 Å². The summed E-state index contributed by atoms with van der Waals surface area (Å²) in [6.07, 6.45) is 3.36. The first-order chi connectivity index (χ1) is 9.76. The van der Waals surface area contributed by atoms with Gasteiger partial charge in [0, 0.05) is 22.6 Å². The number of nitrogens with two attached hydrogens (primary N) is 1. The molecule has 20 heavy (non-hydrogen) atoms. The highest BCUT2D eigenvalue weighted by Crippen LogP contribution is 2.44. The van der Waals surface area contributed by atoms with Crippen LogP contribution in [0.4, 0.5) is 0 Å². The van der Waals surface area contributed by atoms with Crippen LogP contribution < -0.4 is 16.0 Å². The Labute approximate surface area is 128 Å². The van der Waals surface area contributed by atoms with E-state index in [4.69, 9.17) is 15.3 Å². The minimum Gasteiger partial charge on any atom is -0.496 e. The Morgan fingerprint density at radius 2 is 2.50 bits per heavy atom. The van der Waals surface area contributed by atoms with Crippen LogP contribution in [0.25, 0.3) is 0 Å². The van der Waals surface area contributed by atoms with E-state index in [9.17, 15) is 0 Å². The Morgan fingerprint density at radius 3 is 3.15 bits per heavy atom. The van der Waals surface area contributed by atoms with E-state index in [2.05, 4.69) is 11.5 Å². The Balaban J connectivity index is 1.75. The van der Waals surface area contributed by atoms with Gasteiger partial charge in [-0.25, -0.2) is 0 Å². The highest BCUT2D eigenvalue weighted by molar-refractivity contribution is 7.99. The molecule has 3 heterocycles. The standard InChI is InChI=1S/C14H22N2O2S2/c1-17-11-6-12(20-8-11)13(16-15)10-2-4-18-14(7-10)3-5-19-9-14/h6,8,10,13,16H,2-5,7,9,15H2,1H3. The number of thioether (sulfide) groups is 1. The lowest BCUT2D eigenvalue weighted by atomic mass is 9.81. The highest BCUT2D eigenvalue weighted by atomic mass is 32.2. The van der Waals surface area contributed by atoms with Crippen molar-refractivity contribution in [3.8, 4) is 5.75 Å². The quantitative estimate of drug-likeness (QED) is 0.661. The van der Waals surface area contributed by atoms with Gasteiger partial charge in [0.15, 0.2) is 0 Å². The van der Waals surface area contributed by atoms with Gasteiger partial charge in [-0.1, -0.05) is 0 Å². The molecule has 3 unspecified atom stereocenters. The maximum Gasteiger partial charge on any atom is 0.129 e. The van der Waals surface area contributed by atoms with Gasteiger partial charge in [-0.05, 0) is 37.0 Å². The zero-order valence-electron chi connectivity index (χ0n) is 11.8. The topological polar surface area (TPSA) is 56.5 Å². The van der Waals surface area contributed by atoms with E-state index in [1.165, 1.54) is 17.1 Å². The molecule has 0 amide bonds. The lowest BCUT2D eigenvalue weighted by Gasteiger charge is -2.40. The van der Waals surface area contributed by atoms with Crippen molar-refractivity contribution < 1.29 is 9.47 Å². The summed E-state index contributed by atoms with van der Waals surface area (Å²) in [6, 6.07) is 2.30. The first kappa shape index (κ1) is 14.7. The van der Waals surface area contributed by atoms with Crippen LogP contribution in [0.5, 0.6) is 5.75 Å². The molecule has 0 aromatic carbocycles. The van der Waals surface area contributed by atoms with Crippen molar-refractivity contribution in [2.45, 2.75) is 30.9 Å². The van der Waals surface area contributed by atoms with Gasteiger partial charge in [0.05, 0.1) is 18.8 Å². The van der Waals surface area contributed by atoms with Gasteiger partial charge < -0.3 is 9.47 Å². The molecule has 1 spiro atoms. The summed E-state index contributed by atoms with van der Waals surface area (Å²) in [5, 5.41) is 2.04. The fourth-order valence-electron chi connectivity index (χ4n) is 3.27. The zero-order valence-corrected chi connectivity index (χ0v) is 13.4. The summed E-state index contributed by atoms with van der Waals surface area (Å²) < 4.78 is 11.4. The predicted molar refractivity (Wildman–Crippen MR) is 84.3 cm³/mol. The molecule has 4 nitrogen and oxygen atoms in total. The molecule has 2 saturated heterocycles. The molecule has 2 aliphatic heterocycles. The maximum absolute atomic E-state index is 6.10. The fourth-order valence-corrected chi connectivity index (χ4v) is 5.65. The number of rotatable bonds is 4. The normalized spacial score (nSPS) is 31.6. The summed E-state index contributed by atoms with van der Waals surface area (Å²) in [5.41, 5.74) is 3.13. The fraction of sp³-hybridized carbons (Fsp3) is 0.714. The van der Waals surface area contributed by atoms with E-state index >= 15 is 0 Å². The first-order valence-electron chi connectivity index (χ1n) is 7.06. The Bertz CT molecular complexity index is 446. The van der Waals surface area contributed by atoms with Crippen molar-refractivity contribution in [2.24, 2.45) is 11.8 Å². The van der Waals surface area contributed by atoms with Gasteiger partial charge in [-0.3, -0.25) is 11.3 Å². The molecule has 0 radical (unpaired) electrons. The number of methoxy groups -OCH3 is 1. The van der Waals surface area contributed by atoms with Crippen molar-refractivity contribution in [2.75, 3.05) is 25.2 Å².